The molecule has 6 heteroatoms. The molecule has 0 radical (unpaired) electrons. The minimum Gasteiger partial charge on any atom is -0.341 e. The van der Waals surface area contributed by atoms with Gasteiger partial charge in [-0.05, 0) is 44.9 Å². The molecule has 2 N–H and O–H groups in total. The number of para-hydroxylation sites is 1. The predicted molar refractivity (Wildman–Crippen MR) is 112 cm³/mol. The van der Waals surface area contributed by atoms with Gasteiger partial charge in [-0.3, -0.25) is 9.69 Å². The molecule has 0 bridgehead atoms. The summed E-state index contributed by atoms with van der Waals surface area (Å²) in [7, 11) is 2.18. The molecule has 3 rings (SSSR count). The second kappa shape index (κ2) is 9.92. The molecule has 1 heterocycles. The standard InChI is InChI=1S/C22H34N4O2/c1-17(15-26-14-8-13-21(26)27)23-22(28)24-20-12-7-6-9-18(20)16-25(2)19-10-4-3-5-11-19/h6-7,9,12,17,19H,3-5,8,10-11,13-16H2,1-2H3,(H2,23,24,28)/t17-/m1/s1. The molecule has 1 aliphatic heterocycles. The molecule has 28 heavy (non-hydrogen) atoms. The van der Waals surface area contributed by atoms with E-state index in [1.807, 2.05) is 30.0 Å². The van der Waals surface area contributed by atoms with Crippen molar-refractivity contribution < 1.29 is 9.59 Å². The number of hydrogen-bond donors (Lipinski definition) is 2. The van der Waals surface area contributed by atoms with E-state index in [9.17, 15) is 9.59 Å². The van der Waals surface area contributed by atoms with Crippen LogP contribution in [0.5, 0.6) is 0 Å². The zero-order valence-corrected chi connectivity index (χ0v) is 17.2. The maximum Gasteiger partial charge on any atom is 0.319 e. The summed E-state index contributed by atoms with van der Waals surface area (Å²) >= 11 is 0. The van der Waals surface area contributed by atoms with Crippen molar-refractivity contribution in [3.63, 3.8) is 0 Å². The Kier molecular flexibility index (Phi) is 7.31. The van der Waals surface area contributed by atoms with Gasteiger partial charge in [-0.25, -0.2) is 4.79 Å². The smallest absolute Gasteiger partial charge is 0.319 e. The van der Waals surface area contributed by atoms with E-state index in [1.165, 1.54) is 32.1 Å². The molecule has 0 spiro atoms. The van der Waals surface area contributed by atoms with E-state index in [1.54, 1.807) is 0 Å². The fourth-order valence-corrected chi connectivity index (χ4v) is 4.36. The highest BCUT2D eigenvalue weighted by atomic mass is 16.2. The highest BCUT2D eigenvalue weighted by Crippen LogP contribution is 2.24. The van der Waals surface area contributed by atoms with Crippen LogP contribution in [0, 0.1) is 0 Å². The van der Waals surface area contributed by atoms with E-state index >= 15 is 0 Å². The van der Waals surface area contributed by atoms with Gasteiger partial charge in [0.1, 0.15) is 0 Å². The second-order valence-electron chi connectivity index (χ2n) is 8.31. The molecule has 1 aromatic carbocycles. The van der Waals surface area contributed by atoms with E-state index in [0.29, 0.717) is 19.0 Å². The fourth-order valence-electron chi connectivity index (χ4n) is 4.36. The van der Waals surface area contributed by atoms with Gasteiger partial charge in [-0.1, -0.05) is 37.5 Å². The van der Waals surface area contributed by atoms with Crippen molar-refractivity contribution in [3.8, 4) is 0 Å². The number of benzene rings is 1. The van der Waals surface area contributed by atoms with Gasteiger partial charge in [0.05, 0.1) is 0 Å². The number of nitrogens with zero attached hydrogens (tertiary/aromatic N) is 2. The van der Waals surface area contributed by atoms with Crippen LogP contribution in [-0.2, 0) is 11.3 Å². The average molecular weight is 387 g/mol. The Balaban J connectivity index is 1.53. The SMILES string of the molecule is C[C@H](CN1CCCC1=O)NC(=O)Nc1ccccc1CN(C)C1CCCCC1. The first-order valence-electron chi connectivity index (χ1n) is 10.7. The van der Waals surface area contributed by atoms with Crippen LogP contribution in [0.3, 0.4) is 0 Å². The van der Waals surface area contributed by atoms with Gasteiger partial charge in [-0.2, -0.15) is 0 Å². The third-order valence-electron chi connectivity index (χ3n) is 5.93. The zero-order chi connectivity index (χ0) is 19.9. The normalized spacial score (nSPS) is 19.1. The third-order valence-corrected chi connectivity index (χ3v) is 5.93. The Morgan fingerprint density at radius 1 is 1.21 bits per heavy atom. The van der Waals surface area contributed by atoms with Gasteiger partial charge in [-0.15, -0.1) is 0 Å². The first kappa shape index (κ1) is 20.6. The van der Waals surface area contributed by atoms with E-state index in [-0.39, 0.29) is 18.0 Å². The summed E-state index contributed by atoms with van der Waals surface area (Å²) in [5.41, 5.74) is 1.99. The van der Waals surface area contributed by atoms with E-state index in [4.69, 9.17) is 0 Å². The number of carbonyl (C=O) groups excluding carboxylic acids is 2. The van der Waals surface area contributed by atoms with Crippen LogP contribution >= 0.6 is 0 Å². The van der Waals surface area contributed by atoms with Crippen LogP contribution in [0.4, 0.5) is 10.5 Å². The van der Waals surface area contributed by atoms with Gasteiger partial charge in [0.2, 0.25) is 5.91 Å². The molecule has 154 valence electrons. The van der Waals surface area contributed by atoms with Crippen molar-refractivity contribution in [2.24, 2.45) is 0 Å². The minimum absolute atomic E-state index is 0.0841. The van der Waals surface area contributed by atoms with E-state index < -0.39 is 0 Å². The topological polar surface area (TPSA) is 64.7 Å². The molecule has 3 amide bonds. The van der Waals surface area contributed by atoms with Crippen molar-refractivity contribution in [1.82, 2.24) is 15.1 Å². The molecule has 6 nitrogen and oxygen atoms in total. The highest BCUT2D eigenvalue weighted by molar-refractivity contribution is 5.90. The van der Waals surface area contributed by atoms with Crippen LogP contribution in [0.1, 0.15) is 57.4 Å². The molecule has 0 aromatic heterocycles. The largest absolute Gasteiger partial charge is 0.341 e. The monoisotopic (exact) mass is 386 g/mol. The Morgan fingerprint density at radius 3 is 2.68 bits per heavy atom. The summed E-state index contributed by atoms with van der Waals surface area (Å²) in [6.07, 6.45) is 8.05. The number of anilines is 1. The molecule has 2 fully saturated rings. The summed E-state index contributed by atoms with van der Waals surface area (Å²) in [5.74, 6) is 0.185. The number of carbonyl (C=O) groups is 2. The minimum atomic E-state index is -0.216. The molecule has 0 unspecified atom stereocenters. The fraction of sp³-hybridized carbons (Fsp3) is 0.636. The number of urea groups is 1. The summed E-state index contributed by atoms with van der Waals surface area (Å²) in [4.78, 5) is 28.5. The summed E-state index contributed by atoms with van der Waals surface area (Å²) in [5, 5.41) is 5.97. The summed E-state index contributed by atoms with van der Waals surface area (Å²) in [6.45, 7) is 4.13. The lowest BCUT2D eigenvalue weighted by Gasteiger charge is -2.31. The van der Waals surface area contributed by atoms with Crippen molar-refractivity contribution >= 4 is 17.6 Å². The average Bonchev–Trinajstić information content (AvgIpc) is 3.08. The number of rotatable bonds is 7. The number of likely N-dealkylation sites (tertiary alicyclic amines) is 1. The third kappa shape index (κ3) is 5.71. The molecule has 1 atom stereocenters. The summed E-state index contributed by atoms with van der Waals surface area (Å²) in [6, 6.07) is 8.35. The number of nitrogens with one attached hydrogen (secondary N) is 2. The van der Waals surface area contributed by atoms with Crippen LogP contribution in [0.25, 0.3) is 0 Å². The molecule has 1 saturated carbocycles. The molecular weight excluding hydrogens is 352 g/mol. The molecule has 1 saturated heterocycles. The van der Waals surface area contributed by atoms with Crippen LogP contribution in [0.2, 0.25) is 0 Å². The van der Waals surface area contributed by atoms with Crippen molar-refractivity contribution in [3.05, 3.63) is 29.8 Å². The first-order valence-corrected chi connectivity index (χ1v) is 10.7. The van der Waals surface area contributed by atoms with Gasteiger partial charge in [0.15, 0.2) is 0 Å². The highest BCUT2D eigenvalue weighted by Gasteiger charge is 2.23. The van der Waals surface area contributed by atoms with E-state index in [0.717, 1.165) is 30.8 Å². The number of hydrogen-bond acceptors (Lipinski definition) is 3. The lowest BCUT2D eigenvalue weighted by atomic mass is 9.94. The van der Waals surface area contributed by atoms with Gasteiger partial charge < -0.3 is 15.5 Å². The molecule has 1 aromatic rings. The lowest BCUT2D eigenvalue weighted by molar-refractivity contribution is -0.127. The van der Waals surface area contributed by atoms with Crippen molar-refractivity contribution in [2.45, 2.75) is 70.5 Å². The van der Waals surface area contributed by atoms with Crippen LogP contribution in [-0.4, -0.2) is 54.0 Å². The molecule has 1 aliphatic carbocycles. The van der Waals surface area contributed by atoms with Gasteiger partial charge >= 0.3 is 6.03 Å². The Labute approximate surface area is 168 Å². The molecular formula is C22H34N4O2. The van der Waals surface area contributed by atoms with Crippen molar-refractivity contribution in [1.29, 1.82) is 0 Å². The van der Waals surface area contributed by atoms with Crippen LogP contribution in [0.15, 0.2) is 24.3 Å². The number of amides is 3. The molecule has 2 aliphatic rings. The van der Waals surface area contributed by atoms with Gasteiger partial charge in [0, 0.05) is 43.8 Å². The zero-order valence-electron chi connectivity index (χ0n) is 17.2. The lowest BCUT2D eigenvalue weighted by Crippen LogP contribution is -2.44. The quantitative estimate of drug-likeness (QED) is 0.753. The van der Waals surface area contributed by atoms with Crippen molar-refractivity contribution in [2.75, 3.05) is 25.5 Å². The Bertz CT molecular complexity index is 672. The predicted octanol–water partition coefficient (Wildman–Crippen LogP) is 3.58. The maximum absolute atomic E-state index is 12.5. The van der Waals surface area contributed by atoms with E-state index in [2.05, 4.69) is 28.6 Å². The first-order chi connectivity index (χ1) is 13.5. The van der Waals surface area contributed by atoms with Crippen LogP contribution < -0.4 is 10.6 Å². The second-order valence-corrected chi connectivity index (χ2v) is 8.31. The Hall–Kier alpha value is -2.08. The summed E-state index contributed by atoms with van der Waals surface area (Å²) < 4.78 is 0. The Morgan fingerprint density at radius 2 is 1.96 bits per heavy atom. The maximum atomic E-state index is 12.5. The van der Waals surface area contributed by atoms with Gasteiger partial charge in [0.25, 0.3) is 0 Å².